The van der Waals surface area contributed by atoms with E-state index in [2.05, 4.69) is 9.68 Å². The Morgan fingerprint density at radius 1 is 1.38 bits per heavy atom. The predicted molar refractivity (Wildman–Crippen MR) is 65.0 cm³/mol. The van der Waals surface area contributed by atoms with Crippen LogP contribution in [0.25, 0.3) is 11.3 Å². The summed E-state index contributed by atoms with van der Waals surface area (Å²) in [4.78, 5) is 10.7. The molecular formula is C13H10F3NO4. The number of halogens is 3. The second-order valence-corrected chi connectivity index (χ2v) is 4.31. The number of carbonyl (C=O) groups is 1. The highest BCUT2D eigenvalue weighted by Crippen LogP contribution is 2.38. The fraction of sp³-hybridized carbons (Fsp3) is 0.231. The zero-order valence-electron chi connectivity index (χ0n) is 11.0. The Hall–Kier alpha value is -2.51. The van der Waals surface area contributed by atoms with Crippen LogP contribution in [-0.2, 0) is 5.92 Å². The maximum atomic E-state index is 13.9. The largest absolute Gasteiger partial charge is 0.493 e. The number of benzene rings is 1. The van der Waals surface area contributed by atoms with Crippen LogP contribution in [0.2, 0.25) is 0 Å². The second kappa shape index (κ2) is 5.12. The quantitative estimate of drug-likeness (QED) is 0.938. The first-order chi connectivity index (χ1) is 9.74. The Morgan fingerprint density at radius 3 is 2.52 bits per heavy atom. The van der Waals surface area contributed by atoms with Gasteiger partial charge in [0, 0.05) is 24.1 Å². The lowest BCUT2D eigenvalue weighted by Crippen LogP contribution is -2.08. The molecule has 8 heteroatoms. The van der Waals surface area contributed by atoms with Gasteiger partial charge in [0.05, 0.1) is 7.11 Å². The molecule has 0 amide bonds. The number of aromatic nitrogens is 1. The molecule has 21 heavy (non-hydrogen) atoms. The molecule has 0 aliphatic heterocycles. The minimum Gasteiger partial charge on any atom is -0.493 e. The summed E-state index contributed by atoms with van der Waals surface area (Å²) in [5, 5.41) is 12.2. The molecular weight excluding hydrogens is 291 g/mol. The third-order valence-corrected chi connectivity index (χ3v) is 2.75. The number of alkyl halides is 2. The molecule has 0 unspecified atom stereocenters. The second-order valence-electron chi connectivity index (χ2n) is 4.31. The summed E-state index contributed by atoms with van der Waals surface area (Å²) in [6.07, 6.45) is 0. The minimum atomic E-state index is -3.28. The number of rotatable bonds is 4. The Morgan fingerprint density at radius 2 is 2.05 bits per heavy atom. The number of hydrogen-bond acceptors (Lipinski definition) is 4. The van der Waals surface area contributed by atoms with E-state index in [0.717, 1.165) is 19.2 Å². The molecule has 0 atom stereocenters. The Labute approximate surface area is 116 Å². The third kappa shape index (κ3) is 2.83. The minimum absolute atomic E-state index is 0.116. The number of methoxy groups -OCH3 is 1. The van der Waals surface area contributed by atoms with Gasteiger partial charge in [0.2, 0.25) is 5.76 Å². The molecule has 1 aromatic heterocycles. The molecule has 0 radical (unpaired) electrons. The topological polar surface area (TPSA) is 72.6 Å². The van der Waals surface area contributed by atoms with E-state index in [1.54, 1.807) is 0 Å². The third-order valence-electron chi connectivity index (χ3n) is 2.75. The van der Waals surface area contributed by atoms with Gasteiger partial charge in [-0.05, 0) is 12.1 Å². The van der Waals surface area contributed by atoms with Gasteiger partial charge < -0.3 is 14.4 Å². The van der Waals surface area contributed by atoms with Gasteiger partial charge in [0.25, 0.3) is 5.92 Å². The number of carboxylic acid groups (broad SMARTS) is 1. The van der Waals surface area contributed by atoms with Gasteiger partial charge in [-0.1, -0.05) is 5.16 Å². The lowest BCUT2D eigenvalue weighted by molar-refractivity contribution is 0.0171. The molecule has 0 fully saturated rings. The fourth-order valence-electron chi connectivity index (χ4n) is 1.75. The van der Waals surface area contributed by atoms with Crippen molar-refractivity contribution in [3.05, 3.63) is 35.3 Å². The van der Waals surface area contributed by atoms with E-state index >= 15 is 0 Å². The number of ether oxygens (including phenoxy) is 1. The average molecular weight is 301 g/mol. The molecule has 1 aromatic carbocycles. The molecule has 1 N–H and O–H groups in total. The highest BCUT2D eigenvalue weighted by Gasteiger charge is 2.28. The standard InChI is InChI=1S/C13H10F3NO4/c1-13(15,16)6-3-7(11(20-2)8(14)4-6)9-5-10(12(18)19)21-17-9/h3-5H,1-2H3,(H,18,19). The van der Waals surface area contributed by atoms with E-state index in [4.69, 9.17) is 9.84 Å². The normalized spacial score (nSPS) is 11.5. The van der Waals surface area contributed by atoms with Gasteiger partial charge in [-0.2, -0.15) is 0 Å². The first-order valence-electron chi connectivity index (χ1n) is 5.70. The number of hydrogen-bond donors (Lipinski definition) is 1. The van der Waals surface area contributed by atoms with Crippen molar-refractivity contribution >= 4 is 5.97 Å². The summed E-state index contributed by atoms with van der Waals surface area (Å²) in [5.41, 5.74) is -0.824. The number of nitrogens with zero attached hydrogens (tertiary/aromatic N) is 1. The lowest BCUT2D eigenvalue weighted by atomic mass is 10.0. The van der Waals surface area contributed by atoms with E-state index < -0.39 is 29.0 Å². The van der Waals surface area contributed by atoms with Crippen molar-refractivity contribution in [1.29, 1.82) is 0 Å². The number of aromatic carboxylic acids is 1. The molecule has 0 spiro atoms. The van der Waals surface area contributed by atoms with Crippen molar-refractivity contribution in [3.63, 3.8) is 0 Å². The average Bonchev–Trinajstić information content (AvgIpc) is 2.86. The van der Waals surface area contributed by atoms with Crippen molar-refractivity contribution < 1.29 is 32.3 Å². The Bertz CT molecular complexity index is 691. The van der Waals surface area contributed by atoms with Crippen LogP contribution in [0.4, 0.5) is 13.2 Å². The van der Waals surface area contributed by atoms with Crippen LogP contribution in [0.15, 0.2) is 22.7 Å². The van der Waals surface area contributed by atoms with Crippen LogP contribution in [-0.4, -0.2) is 23.3 Å². The van der Waals surface area contributed by atoms with Crippen LogP contribution in [0, 0.1) is 5.82 Å². The molecule has 5 nitrogen and oxygen atoms in total. The summed E-state index contributed by atoms with van der Waals surface area (Å²) in [6.45, 7) is 0.615. The van der Waals surface area contributed by atoms with Crippen LogP contribution in [0.5, 0.6) is 5.75 Å². The van der Waals surface area contributed by atoms with Crippen molar-refractivity contribution in [3.8, 4) is 17.0 Å². The Balaban J connectivity index is 2.64. The molecule has 2 rings (SSSR count). The van der Waals surface area contributed by atoms with Gasteiger partial charge in [0.15, 0.2) is 11.6 Å². The SMILES string of the molecule is COc1c(F)cc(C(C)(F)F)cc1-c1cc(C(=O)O)on1. The predicted octanol–water partition coefficient (Wildman–Crippen LogP) is 3.30. The molecule has 0 saturated heterocycles. The zero-order valence-corrected chi connectivity index (χ0v) is 11.0. The fourth-order valence-corrected chi connectivity index (χ4v) is 1.75. The van der Waals surface area contributed by atoms with Gasteiger partial charge in [-0.3, -0.25) is 0 Å². The van der Waals surface area contributed by atoms with Gasteiger partial charge in [-0.15, -0.1) is 0 Å². The summed E-state index contributed by atoms with van der Waals surface area (Å²) >= 11 is 0. The molecule has 0 aliphatic carbocycles. The highest BCUT2D eigenvalue weighted by atomic mass is 19.3. The van der Waals surface area contributed by atoms with Crippen LogP contribution >= 0.6 is 0 Å². The van der Waals surface area contributed by atoms with Crippen LogP contribution in [0.3, 0.4) is 0 Å². The molecule has 0 aliphatic rings. The highest BCUT2D eigenvalue weighted by molar-refractivity contribution is 5.86. The molecule has 2 aromatic rings. The number of carboxylic acids is 1. The molecule has 112 valence electrons. The van der Waals surface area contributed by atoms with Crippen molar-refractivity contribution in [2.45, 2.75) is 12.8 Å². The smallest absolute Gasteiger partial charge is 0.374 e. The van der Waals surface area contributed by atoms with Gasteiger partial charge in [0.1, 0.15) is 5.69 Å². The van der Waals surface area contributed by atoms with E-state index in [0.29, 0.717) is 13.0 Å². The Kier molecular flexibility index (Phi) is 3.63. The van der Waals surface area contributed by atoms with Crippen LogP contribution < -0.4 is 4.74 Å². The van der Waals surface area contributed by atoms with E-state index in [1.165, 1.54) is 0 Å². The van der Waals surface area contributed by atoms with Gasteiger partial charge in [-0.25, -0.2) is 18.0 Å². The summed E-state index contributed by atoms with van der Waals surface area (Å²) in [7, 11) is 1.16. The van der Waals surface area contributed by atoms with E-state index in [1.807, 2.05) is 0 Å². The first-order valence-corrected chi connectivity index (χ1v) is 5.70. The molecule has 1 heterocycles. The van der Waals surface area contributed by atoms with Gasteiger partial charge >= 0.3 is 5.97 Å². The van der Waals surface area contributed by atoms with E-state index in [9.17, 15) is 18.0 Å². The molecule has 0 saturated carbocycles. The van der Waals surface area contributed by atoms with Crippen LogP contribution in [0.1, 0.15) is 23.0 Å². The van der Waals surface area contributed by atoms with E-state index in [-0.39, 0.29) is 17.0 Å². The lowest BCUT2D eigenvalue weighted by Gasteiger charge is -2.14. The van der Waals surface area contributed by atoms with Crippen molar-refractivity contribution in [1.82, 2.24) is 5.16 Å². The summed E-state index contributed by atoms with van der Waals surface area (Å²) < 4.78 is 49.9. The summed E-state index contributed by atoms with van der Waals surface area (Å²) in [6, 6.07) is 2.63. The monoisotopic (exact) mass is 301 g/mol. The maximum absolute atomic E-state index is 13.9. The zero-order chi connectivity index (χ0) is 15.8. The van der Waals surface area contributed by atoms with Crippen molar-refractivity contribution in [2.75, 3.05) is 7.11 Å². The maximum Gasteiger partial charge on any atom is 0.374 e. The summed E-state index contributed by atoms with van der Waals surface area (Å²) in [5.74, 6) is -6.49. The first kappa shape index (κ1) is 14.9. The molecule has 0 bridgehead atoms. The van der Waals surface area contributed by atoms with Crippen molar-refractivity contribution in [2.24, 2.45) is 0 Å².